The number of thiazole rings is 1. The maximum atomic E-state index is 11.5. The number of imidazole rings is 1. The van der Waals surface area contributed by atoms with E-state index in [0.29, 0.717) is 16.7 Å². The fraction of sp³-hybridized carbons (Fsp3) is 0.154. The molecule has 3 heterocycles. The molecule has 0 aliphatic rings. The van der Waals surface area contributed by atoms with Crippen molar-refractivity contribution in [2.75, 3.05) is 11.9 Å². The molecular weight excluding hydrogens is 345 g/mol. The average Bonchev–Trinajstić information content (AvgIpc) is 3.04. The molecular formula is C13H13Cl2N5OS. The highest BCUT2D eigenvalue weighted by atomic mass is 35.5. The summed E-state index contributed by atoms with van der Waals surface area (Å²) < 4.78 is 1.93. The molecule has 0 fully saturated rings. The third-order valence-corrected chi connectivity index (χ3v) is 3.96. The molecule has 9 heteroatoms. The Morgan fingerprint density at radius 1 is 1.41 bits per heavy atom. The summed E-state index contributed by atoms with van der Waals surface area (Å²) in [6.45, 7) is 2.43. The smallest absolute Gasteiger partial charge is 0.321 e. The number of pyridine rings is 1. The van der Waals surface area contributed by atoms with Gasteiger partial charge in [-0.3, -0.25) is 9.72 Å². The zero-order chi connectivity index (χ0) is 14.8. The summed E-state index contributed by atoms with van der Waals surface area (Å²) in [4.78, 5) is 20.9. The first-order valence-electron chi connectivity index (χ1n) is 6.31. The van der Waals surface area contributed by atoms with Crippen molar-refractivity contribution >= 4 is 52.2 Å². The molecule has 0 aliphatic heterocycles. The summed E-state index contributed by atoms with van der Waals surface area (Å²) in [7, 11) is 0. The van der Waals surface area contributed by atoms with Crippen LogP contribution in [0.1, 0.15) is 6.92 Å². The van der Waals surface area contributed by atoms with Gasteiger partial charge < -0.3 is 5.32 Å². The summed E-state index contributed by atoms with van der Waals surface area (Å²) >= 11 is 7.33. The van der Waals surface area contributed by atoms with Crippen molar-refractivity contribution in [1.29, 1.82) is 0 Å². The molecule has 0 spiro atoms. The number of nitrogens with zero attached hydrogens (tertiary/aromatic N) is 3. The van der Waals surface area contributed by atoms with Crippen molar-refractivity contribution in [1.82, 2.24) is 19.7 Å². The number of fused-ring (bicyclic) bond motifs is 1. The third kappa shape index (κ3) is 3.32. The minimum absolute atomic E-state index is 0. The van der Waals surface area contributed by atoms with Crippen LogP contribution < -0.4 is 10.6 Å². The van der Waals surface area contributed by atoms with Crippen LogP contribution >= 0.6 is 35.3 Å². The van der Waals surface area contributed by atoms with E-state index in [4.69, 9.17) is 11.6 Å². The van der Waals surface area contributed by atoms with E-state index >= 15 is 0 Å². The first kappa shape index (κ1) is 16.5. The predicted octanol–water partition coefficient (Wildman–Crippen LogP) is 3.67. The Bertz CT molecular complexity index is 801. The van der Waals surface area contributed by atoms with Gasteiger partial charge in [0, 0.05) is 30.0 Å². The second kappa shape index (κ2) is 6.95. The monoisotopic (exact) mass is 357 g/mol. The molecule has 6 nitrogen and oxygen atoms in total. The molecule has 0 radical (unpaired) electrons. The Labute approximate surface area is 141 Å². The number of carbonyl (C=O) groups excluding carboxylic acids is 1. The largest absolute Gasteiger partial charge is 0.338 e. The van der Waals surface area contributed by atoms with Crippen LogP contribution in [-0.2, 0) is 0 Å². The van der Waals surface area contributed by atoms with Crippen LogP contribution in [0.3, 0.4) is 0 Å². The number of hydrogen-bond donors (Lipinski definition) is 2. The second-order valence-corrected chi connectivity index (χ2v) is 5.70. The Kier molecular flexibility index (Phi) is 5.23. The van der Waals surface area contributed by atoms with Gasteiger partial charge in [0.15, 0.2) is 5.13 Å². The summed E-state index contributed by atoms with van der Waals surface area (Å²) in [6, 6.07) is 3.33. The van der Waals surface area contributed by atoms with Crippen molar-refractivity contribution in [2.45, 2.75) is 6.92 Å². The van der Waals surface area contributed by atoms with Gasteiger partial charge in [0.1, 0.15) is 5.65 Å². The molecule has 0 bridgehead atoms. The van der Waals surface area contributed by atoms with E-state index in [2.05, 4.69) is 20.6 Å². The first-order chi connectivity index (χ1) is 10.2. The molecule has 22 heavy (non-hydrogen) atoms. The second-order valence-electron chi connectivity index (χ2n) is 4.23. The van der Waals surface area contributed by atoms with Crippen molar-refractivity contribution in [3.05, 3.63) is 35.7 Å². The quantitative estimate of drug-likeness (QED) is 0.750. The lowest BCUT2D eigenvalue weighted by Crippen LogP contribution is -2.28. The van der Waals surface area contributed by atoms with Gasteiger partial charge in [-0.25, -0.2) is 14.8 Å². The summed E-state index contributed by atoms with van der Waals surface area (Å²) in [5, 5.41) is 6.53. The Morgan fingerprint density at radius 2 is 2.23 bits per heavy atom. The summed E-state index contributed by atoms with van der Waals surface area (Å²) in [5.41, 5.74) is 1.67. The van der Waals surface area contributed by atoms with Crippen LogP contribution in [0.4, 0.5) is 9.93 Å². The van der Waals surface area contributed by atoms with Gasteiger partial charge in [0.05, 0.1) is 16.8 Å². The lowest BCUT2D eigenvalue weighted by Gasteiger charge is -2.01. The maximum Gasteiger partial charge on any atom is 0.321 e. The number of halogens is 2. The number of amides is 2. The molecule has 0 atom stereocenters. The number of hydrogen-bond acceptors (Lipinski definition) is 4. The van der Waals surface area contributed by atoms with Crippen LogP contribution in [0.15, 0.2) is 30.7 Å². The molecule has 2 N–H and O–H groups in total. The van der Waals surface area contributed by atoms with Crippen LogP contribution in [0.2, 0.25) is 5.02 Å². The minimum Gasteiger partial charge on any atom is -0.338 e. The van der Waals surface area contributed by atoms with E-state index in [1.54, 1.807) is 24.5 Å². The van der Waals surface area contributed by atoms with Crippen molar-refractivity contribution in [3.63, 3.8) is 0 Å². The zero-order valence-electron chi connectivity index (χ0n) is 11.5. The van der Waals surface area contributed by atoms with Crippen LogP contribution in [0.25, 0.3) is 16.2 Å². The lowest BCUT2D eigenvalue weighted by molar-refractivity contribution is 0.252. The minimum atomic E-state index is -0.261. The average molecular weight is 358 g/mol. The van der Waals surface area contributed by atoms with Crippen molar-refractivity contribution in [3.8, 4) is 10.6 Å². The highest BCUT2D eigenvalue weighted by Gasteiger charge is 2.11. The molecule has 0 unspecified atom stereocenters. The molecule has 0 saturated heterocycles. The van der Waals surface area contributed by atoms with E-state index in [9.17, 15) is 4.79 Å². The Balaban J connectivity index is 0.00000176. The topological polar surface area (TPSA) is 71.3 Å². The zero-order valence-corrected chi connectivity index (χ0v) is 13.9. The number of carbonyl (C=O) groups is 1. The molecule has 0 aliphatic carbocycles. The molecule has 3 rings (SSSR count). The number of nitrogens with one attached hydrogen (secondary N) is 2. The molecule has 3 aromatic rings. The first-order valence-corrected chi connectivity index (χ1v) is 7.50. The van der Waals surface area contributed by atoms with Gasteiger partial charge in [-0.05, 0) is 13.0 Å². The maximum absolute atomic E-state index is 11.5. The molecule has 116 valence electrons. The molecule has 0 saturated carbocycles. The van der Waals surface area contributed by atoms with Crippen molar-refractivity contribution < 1.29 is 4.79 Å². The summed E-state index contributed by atoms with van der Waals surface area (Å²) in [5.74, 6) is 0. The van der Waals surface area contributed by atoms with E-state index in [-0.39, 0.29) is 18.4 Å². The number of anilines is 1. The standard InChI is InChI=1S/C13H12ClN5OS.ClH/c1-2-15-12(20)18-13-17-7-10(21-13)9-6-16-11-5-8(14)3-4-19(9)11;/h3-7H,2H2,1H3,(H2,15,17,18,20);1H. The van der Waals surface area contributed by atoms with Gasteiger partial charge in [0.25, 0.3) is 0 Å². The number of urea groups is 1. The summed E-state index contributed by atoms with van der Waals surface area (Å²) in [6.07, 6.45) is 5.33. The molecule has 3 aromatic heterocycles. The molecule has 0 aromatic carbocycles. The van der Waals surface area contributed by atoms with Gasteiger partial charge in [-0.1, -0.05) is 22.9 Å². The van der Waals surface area contributed by atoms with E-state index in [1.165, 1.54) is 11.3 Å². The van der Waals surface area contributed by atoms with Gasteiger partial charge in [-0.2, -0.15) is 0 Å². The molecule has 2 amide bonds. The van der Waals surface area contributed by atoms with Gasteiger partial charge >= 0.3 is 6.03 Å². The normalized spacial score (nSPS) is 10.3. The highest BCUT2D eigenvalue weighted by Crippen LogP contribution is 2.29. The van der Waals surface area contributed by atoms with Crippen molar-refractivity contribution in [2.24, 2.45) is 0 Å². The lowest BCUT2D eigenvalue weighted by atomic mass is 10.4. The number of rotatable bonds is 3. The Hall–Kier alpha value is -1.83. The fourth-order valence-electron chi connectivity index (χ4n) is 1.89. The van der Waals surface area contributed by atoms with Gasteiger partial charge in [0.2, 0.25) is 0 Å². The van der Waals surface area contributed by atoms with E-state index in [0.717, 1.165) is 16.2 Å². The third-order valence-electron chi connectivity index (χ3n) is 2.79. The predicted molar refractivity (Wildman–Crippen MR) is 91.3 cm³/mol. The highest BCUT2D eigenvalue weighted by molar-refractivity contribution is 7.19. The SMILES string of the molecule is CCNC(=O)Nc1ncc(-c2cnc3cc(Cl)ccn23)s1.Cl. The van der Waals surface area contributed by atoms with Crippen LogP contribution in [0.5, 0.6) is 0 Å². The van der Waals surface area contributed by atoms with E-state index < -0.39 is 0 Å². The van der Waals surface area contributed by atoms with Gasteiger partial charge in [-0.15, -0.1) is 12.4 Å². The fourth-order valence-corrected chi connectivity index (χ4v) is 2.86. The van der Waals surface area contributed by atoms with Crippen LogP contribution in [-0.4, -0.2) is 26.9 Å². The number of aromatic nitrogens is 3. The van der Waals surface area contributed by atoms with Crippen LogP contribution in [0, 0.1) is 0 Å². The van der Waals surface area contributed by atoms with E-state index in [1.807, 2.05) is 17.5 Å². The Morgan fingerprint density at radius 3 is 3.00 bits per heavy atom.